The van der Waals surface area contributed by atoms with Crippen LogP contribution >= 0.6 is 11.3 Å². The molecule has 0 unspecified atom stereocenters. The van der Waals surface area contributed by atoms with Gasteiger partial charge in [-0.2, -0.15) is 0 Å². The molecule has 0 saturated heterocycles. The Bertz CT molecular complexity index is 1100. The van der Waals surface area contributed by atoms with Crippen LogP contribution in [0.4, 0.5) is 0 Å². The Hall–Kier alpha value is -2.92. The van der Waals surface area contributed by atoms with Gasteiger partial charge in [0.15, 0.2) is 5.78 Å². The van der Waals surface area contributed by atoms with Gasteiger partial charge in [0.05, 0.1) is 10.2 Å². The van der Waals surface area contributed by atoms with E-state index in [4.69, 9.17) is 0 Å². The second kappa shape index (κ2) is 7.76. The highest BCUT2D eigenvalue weighted by Gasteiger charge is 2.20. The van der Waals surface area contributed by atoms with Gasteiger partial charge in [-0.15, -0.1) is 5.10 Å². The summed E-state index contributed by atoms with van der Waals surface area (Å²) in [5, 5.41) is 4.46. The van der Waals surface area contributed by atoms with Crippen molar-refractivity contribution in [2.45, 2.75) is 19.3 Å². The number of aryl methyl sites for hydroxylation is 1. The lowest BCUT2D eigenvalue weighted by atomic mass is 9.88. The number of hydrogen-bond acceptors (Lipinski definition) is 4. The van der Waals surface area contributed by atoms with E-state index in [1.807, 2.05) is 55.6 Å². The van der Waals surface area contributed by atoms with Crippen molar-refractivity contribution in [2.24, 2.45) is 12.1 Å². The molecule has 2 aromatic carbocycles. The van der Waals surface area contributed by atoms with E-state index in [2.05, 4.69) is 27.2 Å². The lowest BCUT2D eigenvalue weighted by molar-refractivity contribution is -0.112. The summed E-state index contributed by atoms with van der Waals surface area (Å²) in [5.41, 5.74) is 6.87. The molecule has 1 aromatic heterocycles. The van der Waals surface area contributed by atoms with Gasteiger partial charge in [-0.3, -0.25) is 10.2 Å². The van der Waals surface area contributed by atoms with Gasteiger partial charge < -0.3 is 4.57 Å². The second-order valence-corrected chi connectivity index (χ2v) is 7.59. The quantitative estimate of drug-likeness (QED) is 0.546. The lowest BCUT2D eigenvalue weighted by Crippen LogP contribution is -2.17. The summed E-state index contributed by atoms with van der Waals surface area (Å²) < 4.78 is 3.24. The fraction of sp³-hybridized carbons (Fsp3) is 0.182. The van der Waals surface area contributed by atoms with Crippen molar-refractivity contribution in [1.29, 1.82) is 0 Å². The number of hydrogen-bond donors (Lipinski definition) is 1. The minimum Gasteiger partial charge on any atom is -0.318 e. The molecule has 3 aromatic rings. The summed E-state index contributed by atoms with van der Waals surface area (Å²) in [6.45, 7) is 0. The van der Waals surface area contributed by atoms with Gasteiger partial charge in [-0.05, 0) is 43.0 Å². The van der Waals surface area contributed by atoms with Crippen LogP contribution in [-0.2, 0) is 11.8 Å². The molecule has 1 aliphatic rings. The third kappa shape index (κ3) is 3.78. The standard InChI is InChI=1S/C22H21N3OS/c1-25-19-12-5-6-13-20(19)27-22(25)24-23-15-18-11-7-10-17(21(18)26)14-16-8-3-2-4-9-16/h2-6,8-9,12-15,23H,7,10-11H2,1H3/b17-14+,18-15+,24-22-. The maximum Gasteiger partial charge on any atom is 0.208 e. The van der Waals surface area contributed by atoms with E-state index >= 15 is 0 Å². The zero-order valence-corrected chi connectivity index (χ0v) is 16.0. The Kier molecular flexibility index (Phi) is 5.03. The first-order valence-corrected chi connectivity index (χ1v) is 9.87. The summed E-state index contributed by atoms with van der Waals surface area (Å²) in [6.07, 6.45) is 6.34. The number of allylic oxidation sites excluding steroid dienone is 2. The van der Waals surface area contributed by atoms with Crippen LogP contribution in [0.15, 0.2) is 77.0 Å². The molecule has 0 bridgehead atoms. The number of nitrogens with zero attached hydrogens (tertiary/aromatic N) is 2. The van der Waals surface area contributed by atoms with E-state index in [9.17, 15) is 4.79 Å². The smallest absolute Gasteiger partial charge is 0.208 e. The minimum atomic E-state index is 0.119. The number of carbonyl (C=O) groups is 1. The van der Waals surface area contributed by atoms with E-state index < -0.39 is 0 Å². The predicted octanol–water partition coefficient (Wildman–Crippen LogP) is 4.37. The molecule has 0 radical (unpaired) electrons. The topological polar surface area (TPSA) is 46.4 Å². The number of Topliss-reactive ketones (excluding diaryl/α,β-unsaturated/α-hetero) is 1. The fourth-order valence-electron chi connectivity index (χ4n) is 3.28. The fourth-order valence-corrected chi connectivity index (χ4v) is 4.27. The first-order chi connectivity index (χ1) is 13.2. The molecule has 0 amide bonds. The molecular formula is C22H21N3OS. The van der Waals surface area contributed by atoms with Gasteiger partial charge in [-0.25, -0.2) is 0 Å². The van der Waals surface area contributed by atoms with Crippen LogP contribution in [0.3, 0.4) is 0 Å². The first-order valence-electron chi connectivity index (χ1n) is 9.05. The maximum atomic E-state index is 12.8. The Morgan fingerprint density at radius 3 is 2.59 bits per heavy atom. The number of thiazole rings is 1. The molecule has 0 spiro atoms. The molecule has 0 aliphatic heterocycles. The highest BCUT2D eigenvalue weighted by Crippen LogP contribution is 2.26. The van der Waals surface area contributed by atoms with Crippen LogP contribution in [0, 0.1) is 0 Å². The van der Waals surface area contributed by atoms with Crippen LogP contribution in [0.2, 0.25) is 0 Å². The van der Waals surface area contributed by atoms with E-state index in [0.29, 0.717) is 0 Å². The number of fused-ring (bicyclic) bond motifs is 1. The lowest BCUT2D eigenvalue weighted by Gasteiger charge is -2.16. The number of benzene rings is 2. The average Bonchev–Trinajstić information content (AvgIpc) is 3.02. The summed E-state index contributed by atoms with van der Waals surface area (Å²) >= 11 is 1.62. The first kappa shape index (κ1) is 17.5. The number of rotatable bonds is 3. The largest absolute Gasteiger partial charge is 0.318 e. The number of aromatic nitrogens is 1. The molecule has 1 N–H and O–H groups in total. The molecule has 4 nitrogen and oxygen atoms in total. The number of para-hydroxylation sites is 1. The van der Waals surface area contributed by atoms with Gasteiger partial charge in [0, 0.05) is 24.4 Å². The maximum absolute atomic E-state index is 12.8. The average molecular weight is 375 g/mol. The van der Waals surface area contributed by atoms with Crippen LogP contribution < -0.4 is 10.2 Å². The van der Waals surface area contributed by atoms with Crippen molar-refractivity contribution in [3.05, 3.63) is 82.3 Å². The zero-order valence-electron chi connectivity index (χ0n) is 15.2. The number of nitrogens with one attached hydrogen (secondary N) is 1. The van der Waals surface area contributed by atoms with Gasteiger partial charge in [0.25, 0.3) is 0 Å². The molecule has 1 heterocycles. The minimum absolute atomic E-state index is 0.119. The van der Waals surface area contributed by atoms with Gasteiger partial charge in [-0.1, -0.05) is 53.8 Å². The Morgan fingerprint density at radius 1 is 1.04 bits per heavy atom. The van der Waals surface area contributed by atoms with Crippen LogP contribution in [0.5, 0.6) is 0 Å². The van der Waals surface area contributed by atoms with Crippen LogP contribution in [-0.4, -0.2) is 10.4 Å². The van der Waals surface area contributed by atoms with Crippen molar-refractivity contribution in [2.75, 3.05) is 0 Å². The third-order valence-corrected chi connectivity index (χ3v) is 5.84. The predicted molar refractivity (Wildman–Crippen MR) is 111 cm³/mol. The monoisotopic (exact) mass is 375 g/mol. The van der Waals surface area contributed by atoms with Crippen LogP contribution in [0.1, 0.15) is 24.8 Å². The molecular weight excluding hydrogens is 354 g/mol. The van der Waals surface area contributed by atoms with Crippen molar-refractivity contribution >= 4 is 33.4 Å². The zero-order chi connectivity index (χ0) is 18.6. The Labute approximate surface area is 162 Å². The normalized spacial score (nSPS) is 18.6. The van der Waals surface area contributed by atoms with E-state index in [-0.39, 0.29) is 5.78 Å². The highest BCUT2D eigenvalue weighted by molar-refractivity contribution is 7.16. The number of carbonyl (C=O) groups excluding carboxylic acids is 1. The molecule has 1 aliphatic carbocycles. The van der Waals surface area contributed by atoms with Gasteiger partial charge >= 0.3 is 0 Å². The number of ketones is 1. The molecule has 27 heavy (non-hydrogen) atoms. The molecule has 4 rings (SSSR count). The van der Waals surface area contributed by atoms with E-state index in [1.165, 1.54) is 4.70 Å². The molecule has 136 valence electrons. The highest BCUT2D eigenvalue weighted by atomic mass is 32.1. The van der Waals surface area contributed by atoms with Gasteiger partial charge in [0.2, 0.25) is 4.80 Å². The van der Waals surface area contributed by atoms with Crippen LogP contribution in [0.25, 0.3) is 16.3 Å². The summed E-state index contributed by atoms with van der Waals surface area (Å²) in [4.78, 5) is 13.6. The van der Waals surface area contributed by atoms with Crippen molar-refractivity contribution in [3.8, 4) is 0 Å². The SMILES string of the molecule is Cn1/c(=N/N/C=C2\CCC/C(=C\c3ccccc3)C2=O)sc2ccccc21. The van der Waals surface area contributed by atoms with E-state index in [1.54, 1.807) is 17.5 Å². The molecule has 5 heteroatoms. The van der Waals surface area contributed by atoms with Crippen molar-refractivity contribution in [1.82, 2.24) is 9.99 Å². The van der Waals surface area contributed by atoms with E-state index in [0.717, 1.165) is 46.3 Å². The summed E-state index contributed by atoms with van der Waals surface area (Å²) in [6, 6.07) is 18.2. The van der Waals surface area contributed by atoms with Crippen molar-refractivity contribution < 1.29 is 4.79 Å². The Balaban J connectivity index is 1.55. The third-order valence-electron chi connectivity index (χ3n) is 4.73. The second-order valence-electron chi connectivity index (χ2n) is 6.58. The molecule has 1 fully saturated rings. The summed E-state index contributed by atoms with van der Waals surface area (Å²) in [5.74, 6) is 0.119. The summed E-state index contributed by atoms with van der Waals surface area (Å²) in [7, 11) is 2.00. The van der Waals surface area contributed by atoms with Gasteiger partial charge in [0.1, 0.15) is 0 Å². The molecule has 0 atom stereocenters. The van der Waals surface area contributed by atoms with Crippen molar-refractivity contribution in [3.63, 3.8) is 0 Å². The molecule has 1 saturated carbocycles. The Morgan fingerprint density at radius 2 is 1.78 bits per heavy atom.